The van der Waals surface area contributed by atoms with Gasteiger partial charge in [0.2, 0.25) is 5.91 Å². The Morgan fingerprint density at radius 2 is 1.87 bits per heavy atom. The summed E-state index contributed by atoms with van der Waals surface area (Å²) in [5.74, 6) is 0.492. The third-order valence-corrected chi connectivity index (χ3v) is 5.40. The van der Waals surface area contributed by atoms with Crippen LogP contribution < -0.4 is 15.0 Å². The van der Waals surface area contributed by atoms with Gasteiger partial charge in [0.25, 0.3) is 5.91 Å². The van der Waals surface area contributed by atoms with Crippen molar-refractivity contribution in [2.45, 2.75) is 19.4 Å². The lowest BCUT2D eigenvalue weighted by Crippen LogP contribution is -2.48. The fourth-order valence-corrected chi connectivity index (χ4v) is 3.77. The van der Waals surface area contributed by atoms with Crippen molar-refractivity contribution in [3.8, 4) is 5.75 Å². The standard InChI is InChI=1S/C23H27N3O4/c1-17-23(28)26(10-9-25-11-13-29-14-12-25)20-16-19(7-8-21(20)30-17)24-22(27)15-18-5-3-2-4-6-18/h2-8,16-17H,9-15H2,1H3,(H,24,27). The number of rotatable bonds is 6. The van der Waals surface area contributed by atoms with Gasteiger partial charge >= 0.3 is 0 Å². The second-order valence-corrected chi connectivity index (χ2v) is 7.60. The van der Waals surface area contributed by atoms with Crippen LogP contribution in [-0.2, 0) is 20.7 Å². The van der Waals surface area contributed by atoms with Crippen LogP contribution in [-0.4, -0.2) is 62.2 Å². The number of carbonyl (C=O) groups excluding carboxylic acids is 2. The second kappa shape index (κ2) is 9.28. The van der Waals surface area contributed by atoms with Crippen LogP contribution in [0.2, 0.25) is 0 Å². The highest BCUT2D eigenvalue weighted by Crippen LogP contribution is 2.36. The second-order valence-electron chi connectivity index (χ2n) is 7.60. The fraction of sp³-hybridized carbons (Fsp3) is 0.391. The minimum atomic E-state index is -0.527. The van der Waals surface area contributed by atoms with Gasteiger partial charge in [-0.05, 0) is 30.7 Å². The van der Waals surface area contributed by atoms with E-state index in [-0.39, 0.29) is 11.8 Å². The Morgan fingerprint density at radius 3 is 2.63 bits per heavy atom. The zero-order chi connectivity index (χ0) is 20.9. The first-order valence-electron chi connectivity index (χ1n) is 10.4. The molecule has 2 aliphatic rings. The van der Waals surface area contributed by atoms with Crippen LogP contribution >= 0.6 is 0 Å². The summed E-state index contributed by atoms with van der Waals surface area (Å²) in [7, 11) is 0. The van der Waals surface area contributed by atoms with E-state index in [0.29, 0.717) is 30.1 Å². The molecule has 2 aromatic rings. The molecule has 1 atom stereocenters. The van der Waals surface area contributed by atoms with Crippen molar-refractivity contribution in [3.05, 3.63) is 54.1 Å². The van der Waals surface area contributed by atoms with Crippen LogP contribution in [0.1, 0.15) is 12.5 Å². The molecule has 2 aliphatic heterocycles. The number of nitrogens with zero attached hydrogens (tertiary/aromatic N) is 2. The summed E-state index contributed by atoms with van der Waals surface area (Å²) >= 11 is 0. The summed E-state index contributed by atoms with van der Waals surface area (Å²) in [5, 5.41) is 2.93. The molecule has 0 radical (unpaired) electrons. The van der Waals surface area contributed by atoms with Crippen molar-refractivity contribution in [1.82, 2.24) is 4.90 Å². The normalized spacial score (nSPS) is 19.2. The Balaban J connectivity index is 1.47. The summed E-state index contributed by atoms with van der Waals surface area (Å²) in [5.41, 5.74) is 2.30. The van der Waals surface area contributed by atoms with Crippen molar-refractivity contribution in [1.29, 1.82) is 0 Å². The first-order chi connectivity index (χ1) is 14.6. The van der Waals surface area contributed by atoms with Gasteiger partial charge in [0, 0.05) is 31.9 Å². The Kier molecular flexibility index (Phi) is 6.30. The van der Waals surface area contributed by atoms with Crippen molar-refractivity contribution in [2.75, 3.05) is 49.6 Å². The summed E-state index contributed by atoms with van der Waals surface area (Å²) in [6.45, 7) is 6.30. The van der Waals surface area contributed by atoms with E-state index in [1.54, 1.807) is 11.8 Å². The Hall–Kier alpha value is -2.90. The predicted octanol–water partition coefficient (Wildman–Crippen LogP) is 2.31. The van der Waals surface area contributed by atoms with Gasteiger partial charge in [0.15, 0.2) is 6.10 Å². The van der Waals surface area contributed by atoms with Gasteiger partial charge in [-0.1, -0.05) is 30.3 Å². The monoisotopic (exact) mass is 409 g/mol. The molecule has 2 heterocycles. The molecule has 0 saturated carbocycles. The van der Waals surface area contributed by atoms with E-state index < -0.39 is 6.10 Å². The van der Waals surface area contributed by atoms with Crippen LogP contribution in [0.5, 0.6) is 5.75 Å². The fourth-order valence-electron chi connectivity index (χ4n) is 3.77. The molecule has 4 rings (SSSR count). The van der Waals surface area contributed by atoms with Gasteiger partial charge in [0.1, 0.15) is 5.75 Å². The predicted molar refractivity (Wildman–Crippen MR) is 115 cm³/mol. The molecule has 1 saturated heterocycles. The molecule has 158 valence electrons. The van der Waals surface area contributed by atoms with E-state index >= 15 is 0 Å². The van der Waals surface area contributed by atoms with E-state index in [2.05, 4.69) is 10.2 Å². The number of anilines is 2. The molecule has 0 aliphatic carbocycles. The maximum Gasteiger partial charge on any atom is 0.267 e. The molecule has 0 aromatic heterocycles. The number of fused-ring (bicyclic) bond motifs is 1. The zero-order valence-corrected chi connectivity index (χ0v) is 17.2. The van der Waals surface area contributed by atoms with E-state index in [1.807, 2.05) is 48.5 Å². The summed E-state index contributed by atoms with van der Waals surface area (Å²) in [4.78, 5) is 29.3. The summed E-state index contributed by atoms with van der Waals surface area (Å²) < 4.78 is 11.2. The van der Waals surface area contributed by atoms with Crippen molar-refractivity contribution >= 4 is 23.2 Å². The molecule has 7 nitrogen and oxygen atoms in total. The SMILES string of the molecule is CC1Oc2ccc(NC(=O)Cc3ccccc3)cc2N(CCN2CCOCC2)C1=O. The Morgan fingerprint density at radius 1 is 1.10 bits per heavy atom. The van der Waals surface area contributed by atoms with Gasteiger partial charge in [-0.25, -0.2) is 0 Å². The minimum Gasteiger partial charge on any atom is -0.479 e. The van der Waals surface area contributed by atoms with Crippen molar-refractivity contribution < 1.29 is 19.1 Å². The molecule has 0 bridgehead atoms. The molecule has 1 N–H and O–H groups in total. The topological polar surface area (TPSA) is 71.1 Å². The average Bonchev–Trinajstić information content (AvgIpc) is 2.76. The average molecular weight is 409 g/mol. The van der Waals surface area contributed by atoms with Gasteiger partial charge in [-0.15, -0.1) is 0 Å². The van der Waals surface area contributed by atoms with Crippen LogP contribution in [0.25, 0.3) is 0 Å². The lowest BCUT2D eigenvalue weighted by molar-refractivity contribution is -0.125. The quantitative estimate of drug-likeness (QED) is 0.793. The molecular formula is C23H27N3O4. The zero-order valence-electron chi connectivity index (χ0n) is 17.2. The van der Waals surface area contributed by atoms with Crippen molar-refractivity contribution in [3.63, 3.8) is 0 Å². The molecule has 2 aromatic carbocycles. The minimum absolute atomic E-state index is 0.0662. The highest BCUT2D eigenvalue weighted by molar-refractivity contribution is 6.01. The Labute approximate surface area is 176 Å². The number of carbonyl (C=O) groups is 2. The van der Waals surface area contributed by atoms with E-state index in [4.69, 9.17) is 9.47 Å². The summed E-state index contributed by atoms with van der Waals surface area (Å²) in [6, 6.07) is 15.1. The highest BCUT2D eigenvalue weighted by Gasteiger charge is 2.32. The van der Waals surface area contributed by atoms with Gasteiger partial charge in [0.05, 0.1) is 25.3 Å². The molecule has 0 spiro atoms. The smallest absolute Gasteiger partial charge is 0.267 e. The number of benzene rings is 2. The lowest BCUT2D eigenvalue weighted by atomic mass is 10.1. The van der Waals surface area contributed by atoms with E-state index in [1.165, 1.54) is 0 Å². The molecular weight excluding hydrogens is 382 g/mol. The third-order valence-electron chi connectivity index (χ3n) is 5.40. The maximum atomic E-state index is 12.8. The molecule has 2 amide bonds. The molecule has 1 fully saturated rings. The third kappa shape index (κ3) is 4.80. The lowest BCUT2D eigenvalue weighted by Gasteiger charge is -2.35. The van der Waals surface area contributed by atoms with E-state index in [0.717, 1.165) is 38.4 Å². The molecule has 1 unspecified atom stereocenters. The van der Waals surface area contributed by atoms with Gasteiger partial charge in [-0.2, -0.15) is 0 Å². The van der Waals surface area contributed by atoms with Crippen LogP contribution in [0.3, 0.4) is 0 Å². The van der Waals surface area contributed by atoms with Crippen LogP contribution in [0.4, 0.5) is 11.4 Å². The van der Waals surface area contributed by atoms with Crippen molar-refractivity contribution in [2.24, 2.45) is 0 Å². The van der Waals surface area contributed by atoms with Crippen LogP contribution in [0.15, 0.2) is 48.5 Å². The van der Waals surface area contributed by atoms with E-state index in [9.17, 15) is 9.59 Å². The first kappa shape index (κ1) is 20.4. The number of hydrogen-bond acceptors (Lipinski definition) is 5. The van der Waals surface area contributed by atoms with Crippen LogP contribution in [0, 0.1) is 0 Å². The maximum absolute atomic E-state index is 12.8. The van der Waals surface area contributed by atoms with Gasteiger partial charge < -0.3 is 19.7 Å². The number of hydrogen-bond donors (Lipinski definition) is 1. The Bertz CT molecular complexity index is 897. The largest absolute Gasteiger partial charge is 0.479 e. The molecule has 7 heteroatoms. The number of morpholine rings is 1. The number of ether oxygens (including phenoxy) is 2. The van der Waals surface area contributed by atoms with Gasteiger partial charge in [-0.3, -0.25) is 14.5 Å². The number of amides is 2. The number of nitrogens with one attached hydrogen (secondary N) is 1. The highest BCUT2D eigenvalue weighted by atomic mass is 16.5. The molecule has 30 heavy (non-hydrogen) atoms. The first-order valence-corrected chi connectivity index (χ1v) is 10.4. The summed E-state index contributed by atoms with van der Waals surface area (Å²) in [6.07, 6.45) is -0.230.